The van der Waals surface area contributed by atoms with Gasteiger partial charge in [-0.05, 0) is 56.0 Å². The van der Waals surface area contributed by atoms with Crippen LogP contribution >= 0.6 is 0 Å². The molecule has 2 aliphatic heterocycles. The third-order valence-corrected chi connectivity index (χ3v) is 8.57. The van der Waals surface area contributed by atoms with E-state index in [1.807, 2.05) is 54.6 Å². The first-order valence-electron chi connectivity index (χ1n) is 15.4. The van der Waals surface area contributed by atoms with Crippen molar-refractivity contribution in [2.45, 2.75) is 38.2 Å². The average Bonchev–Trinajstić information content (AvgIpc) is 3.25. The molecule has 0 spiro atoms. The van der Waals surface area contributed by atoms with Crippen molar-refractivity contribution >= 4 is 23.6 Å². The molecule has 0 saturated carbocycles. The summed E-state index contributed by atoms with van der Waals surface area (Å²) in [6.45, 7) is 5.31. The quantitative estimate of drug-likeness (QED) is 0.163. The molecule has 1 saturated heterocycles. The number of hydrogen-bond donors (Lipinski definition) is 1. The number of anilines is 1. The van der Waals surface area contributed by atoms with E-state index in [1.54, 1.807) is 24.3 Å². The van der Waals surface area contributed by atoms with E-state index < -0.39 is 6.09 Å². The number of imide groups is 1. The maximum atomic E-state index is 12.7. The highest BCUT2D eigenvalue weighted by molar-refractivity contribution is 6.21. The molecular weight excluding hydrogens is 540 g/mol. The number of ether oxygens (including phenoxy) is 1. The SMILES string of the molecule is C[N+](C)(CCCCN1CCC(OC(=O)Nc2ccccc2-c2ccccc2)CC1)CCCN1C(=O)c2ccccc2C1=O. The topological polar surface area (TPSA) is 79.0 Å². The number of likely N-dealkylation sites (tertiary alicyclic amines) is 1. The highest BCUT2D eigenvalue weighted by Gasteiger charge is 2.35. The lowest BCUT2D eigenvalue weighted by Crippen LogP contribution is -2.43. The Hall–Kier alpha value is -4.01. The minimum absolute atomic E-state index is 0.0714. The van der Waals surface area contributed by atoms with E-state index in [0.29, 0.717) is 17.7 Å². The standard InChI is InChI=1S/C35H42N4O4/c1-39(2,26-12-22-38-33(40)30-16-6-7-17-31(30)34(38)41)25-11-10-21-37-23-19-28(20-24-37)43-35(42)36-32-18-9-8-15-29(32)27-13-4-3-5-14-27/h3-9,13-18,28H,10-12,19-26H2,1-2H3/p+1. The Bertz CT molecular complexity index is 1380. The molecule has 0 atom stereocenters. The zero-order valence-electron chi connectivity index (χ0n) is 25.3. The van der Waals surface area contributed by atoms with Crippen LogP contribution in [0, 0.1) is 0 Å². The number of para-hydroxylation sites is 1. The van der Waals surface area contributed by atoms with Crippen molar-refractivity contribution in [3.8, 4) is 11.1 Å². The molecule has 0 aromatic heterocycles. The van der Waals surface area contributed by atoms with Crippen LogP contribution in [0.1, 0.15) is 52.8 Å². The van der Waals surface area contributed by atoms with E-state index in [4.69, 9.17) is 4.74 Å². The highest BCUT2D eigenvalue weighted by Crippen LogP contribution is 2.28. The van der Waals surface area contributed by atoms with Gasteiger partial charge in [0.15, 0.2) is 0 Å². The fraction of sp³-hybridized carbons (Fsp3) is 0.400. The van der Waals surface area contributed by atoms with E-state index in [0.717, 1.165) is 86.1 Å². The maximum Gasteiger partial charge on any atom is 0.411 e. The number of carbonyl (C=O) groups excluding carboxylic acids is 3. The van der Waals surface area contributed by atoms with Gasteiger partial charge in [0.2, 0.25) is 0 Å². The number of amides is 3. The predicted octanol–water partition coefficient (Wildman–Crippen LogP) is 5.91. The molecule has 1 N–H and O–H groups in total. The summed E-state index contributed by atoms with van der Waals surface area (Å²) in [5, 5.41) is 2.95. The van der Waals surface area contributed by atoms with Gasteiger partial charge in [-0.3, -0.25) is 19.8 Å². The minimum Gasteiger partial charge on any atom is -0.446 e. The summed E-state index contributed by atoms with van der Waals surface area (Å²) in [5.41, 5.74) is 3.81. The van der Waals surface area contributed by atoms with Crippen molar-refractivity contribution in [3.05, 3.63) is 90.0 Å². The molecule has 0 bridgehead atoms. The van der Waals surface area contributed by atoms with Crippen molar-refractivity contribution in [1.29, 1.82) is 0 Å². The third-order valence-electron chi connectivity index (χ3n) is 8.57. The number of benzene rings is 3. The van der Waals surface area contributed by atoms with Gasteiger partial charge in [0.25, 0.3) is 11.8 Å². The Labute approximate surface area is 254 Å². The van der Waals surface area contributed by atoms with Crippen LogP contribution in [0.4, 0.5) is 10.5 Å². The number of fused-ring (bicyclic) bond motifs is 1. The summed E-state index contributed by atoms with van der Waals surface area (Å²) >= 11 is 0. The molecule has 5 rings (SSSR count). The van der Waals surface area contributed by atoms with E-state index >= 15 is 0 Å². The molecule has 0 unspecified atom stereocenters. The van der Waals surface area contributed by atoms with Crippen LogP contribution in [0.5, 0.6) is 0 Å². The first kappa shape index (κ1) is 30.4. The summed E-state index contributed by atoms with van der Waals surface area (Å²) in [6.07, 6.45) is 4.22. The average molecular weight is 584 g/mol. The number of rotatable bonds is 12. The summed E-state index contributed by atoms with van der Waals surface area (Å²) in [5.74, 6) is -0.344. The summed E-state index contributed by atoms with van der Waals surface area (Å²) in [4.78, 5) is 41.8. The molecule has 2 aliphatic rings. The van der Waals surface area contributed by atoms with E-state index in [2.05, 4.69) is 24.3 Å². The van der Waals surface area contributed by atoms with Crippen molar-refractivity contribution in [1.82, 2.24) is 9.80 Å². The number of carbonyl (C=O) groups is 3. The monoisotopic (exact) mass is 583 g/mol. The van der Waals surface area contributed by atoms with Gasteiger partial charge < -0.3 is 14.1 Å². The Morgan fingerprint density at radius 1 is 0.767 bits per heavy atom. The van der Waals surface area contributed by atoms with Crippen LogP contribution in [0.15, 0.2) is 78.9 Å². The summed E-state index contributed by atoms with van der Waals surface area (Å²) in [6, 6.07) is 24.9. The van der Waals surface area contributed by atoms with Crippen LogP contribution in [0.25, 0.3) is 11.1 Å². The van der Waals surface area contributed by atoms with Crippen LogP contribution in [0.2, 0.25) is 0 Å². The van der Waals surface area contributed by atoms with E-state index in [9.17, 15) is 14.4 Å². The van der Waals surface area contributed by atoms with Gasteiger partial charge in [0.1, 0.15) is 6.10 Å². The number of quaternary nitrogens is 1. The lowest BCUT2D eigenvalue weighted by molar-refractivity contribution is -0.890. The number of piperidine rings is 1. The van der Waals surface area contributed by atoms with Gasteiger partial charge >= 0.3 is 6.09 Å². The molecule has 3 amide bonds. The molecule has 226 valence electrons. The van der Waals surface area contributed by atoms with E-state index in [-0.39, 0.29) is 17.9 Å². The van der Waals surface area contributed by atoms with Gasteiger partial charge in [-0.2, -0.15) is 0 Å². The number of hydrogen-bond acceptors (Lipinski definition) is 5. The molecule has 3 aromatic carbocycles. The second kappa shape index (κ2) is 14.0. The number of unbranched alkanes of at least 4 members (excludes halogenated alkanes) is 1. The number of nitrogens with one attached hydrogen (secondary N) is 1. The predicted molar refractivity (Wildman–Crippen MR) is 169 cm³/mol. The van der Waals surface area contributed by atoms with Gasteiger partial charge in [-0.1, -0.05) is 60.7 Å². The Morgan fingerprint density at radius 3 is 2.02 bits per heavy atom. The summed E-state index contributed by atoms with van der Waals surface area (Å²) in [7, 11) is 4.43. The molecular formula is C35H43N4O4+. The molecule has 3 aromatic rings. The molecule has 0 aliphatic carbocycles. The zero-order chi connectivity index (χ0) is 30.2. The second-order valence-corrected chi connectivity index (χ2v) is 12.2. The van der Waals surface area contributed by atoms with E-state index in [1.165, 1.54) is 4.90 Å². The lowest BCUT2D eigenvalue weighted by atomic mass is 10.0. The van der Waals surface area contributed by atoms with Gasteiger partial charge in [0.05, 0.1) is 44.0 Å². The largest absolute Gasteiger partial charge is 0.446 e. The lowest BCUT2D eigenvalue weighted by Gasteiger charge is -2.33. The molecule has 0 radical (unpaired) electrons. The molecule has 8 heteroatoms. The Morgan fingerprint density at radius 2 is 1.35 bits per heavy atom. The maximum absolute atomic E-state index is 12.7. The Kier molecular flexibility index (Phi) is 9.89. The molecule has 2 heterocycles. The zero-order valence-corrected chi connectivity index (χ0v) is 25.3. The van der Waals surface area contributed by atoms with Crippen LogP contribution in [-0.2, 0) is 4.74 Å². The summed E-state index contributed by atoms with van der Waals surface area (Å²) < 4.78 is 6.65. The Balaban J connectivity index is 0.963. The van der Waals surface area contributed by atoms with Crippen molar-refractivity contribution in [2.75, 3.05) is 58.7 Å². The van der Waals surface area contributed by atoms with Crippen molar-refractivity contribution in [2.24, 2.45) is 0 Å². The molecule has 43 heavy (non-hydrogen) atoms. The first-order valence-corrected chi connectivity index (χ1v) is 15.4. The van der Waals surface area contributed by atoms with Crippen LogP contribution in [-0.4, -0.2) is 91.7 Å². The third kappa shape index (κ3) is 7.89. The first-order chi connectivity index (χ1) is 20.8. The van der Waals surface area contributed by atoms with Gasteiger partial charge in [-0.25, -0.2) is 4.79 Å². The van der Waals surface area contributed by atoms with Crippen LogP contribution < -0.4 is 5.32 Å². The van der Waals surface area contributed by atoms with Gasteiger partial charge in [0, 0.05) is 31.6 Å². The number of nitrogens with zero attached hydrogens (tertiary/aromatic N) is 3. The smallest absolute Gasteiger partial charge is 0.411 e. The van der Waals surface area contributed by atoms with Crippen LogP contribution in [0.3, 0.4) is 0 Å². The fourth-order valence-electron chi connectivity index (χ4n) is 6.09. The normalized spacial score (nSPS) is 15.9. The van der Waals surface area contributed by atoms with Crippen molar-refractivity contribution in [3.63, 3.8) is 0 Å². The van der Waals surface area contributed by atoms with Crippen molar-refractivity contribution < 1.29 is 23.6 Å². The van der Waals surface area contributed by atoms with Gasteiger partial charge in [-0.15, -0.1) is 0 Å². The minimum atomic E-state index is -0.398. The molecule has 8 nitrogen and oxygen atoms in total. The molecule has 1 fully saturated rings. The second-order valence-electron chi connectivity index (χ2n) is 12.2. The highest BCUT2D eigenvalue weighted by atomic mass is 16.6. The fourth-order valence-corrected chi connectivity index (χ4v) is 6.09.